The van der Waals surface area contributed by atoms with Gasteiger partial charge in [-0.25, -0.2) is 0 Å². The van der Waals surface area contributed by atoms with Gasteiger partial charge in [0.05, 0.1) is 39.6 Å². The second kappa shape index (κ2) is 18.8. The number of rotatable bonds is 16. The number of ether oxygens (including phenoxy) is 7. The third-order valence-electron chi connectivity index (χ3n) is 9.01. The van der Waals surface area contributed by atoms with Gasteiger partial charge in [0.25, 0.3) is 0 Å². The fourth-order valence-electron chi connectivity index (χ4n) is 6.24. The van der Waals surface area contributed by atoms with E-state index in [0.717, 1.165) is 22.3 Å². The fourth-order valence-corrected chi connectivity index (χ4v) is 6.24. The van der Waals surface area contributed by atoms with Crippen LogP contribution in [0.1, 0.15) is 22.3 Å². The Morgan fingerprint density at radius 3 is 0.961 bits per heavy atom. The number of benzene rings is 4. The molecule has 2 fully saturated rings. The average Bonchev–Trinajstić information content (AvgIpc) is 3.18. The molecule has 4 N–H and O–H groups in total. The number of hydrogen-bond acceptors (Lipinski definition) is 11. The van der Waals surface area contributed by atoms with Gasteiger partial charge in [-0.1, -0.05) is 121 Å². The average molecular weight is 703 g/mol. The van der Waals surface area contributed by atoms with Crippen LogP contribution in [-0.2, 0) is 59.6 Å². The van der Waals surface area contributed by atoms with Gasteiger partial charge in [0.15, 0.2) is 12.6 Å². The SMILES string of the molecule is OC[C@@H]1O[C@H](O[C@H]2O[C@@H](CO)[C@@H](O)[C@@H](OCc3ccccc3)[C@H]2OCc2ccccc2)[C@H](OCc2ccccc2)[C@@H](OCc2ccccc2)[C@H]1O. The first kappa shape index (κ1) is 37.2. The van der Waals surface area contributed by atoms with Gasteiger partial charge in [-0.3, -0.25) is 0 Å². The molecule has 2 saturated heterocycles. The first-order chi connectivity index (χ1) is 25.0. The summed E-state index contributed by atoms with van der Waals surface area (Å²) in [6.45, 7) is -0.492. The normalized spacial score (nSPS) is 29.5. The molecule has 0 unspecified atom stereocenters. The van der Waals surface area contributed by atoms with Gasteiger partial charge >= 0.3 is 0 Å². The minimum absolute atomic E-state index is 0.136. The maximum atomic E-state index is 11.4. The van der Waals surface area contributed by atoms with Crippen LogP contribution >= 0.6 is 0 Å². The summed E-state index contributed by atoms with van der Waals surface area (Å²) < 4.78 is 44.4. The lowest BCUT2D eigenvalue weighted by Crippen LogP contribution is -2.65. The molecule has 2 aliphatic rings. The molecule has 0 spiro atoms. The third-order valence-corrected chi connectivity index (χ3v) is 9.01. The second-order valence-corrected chi connectivity index (χ2v) is 12.6. The highest BCUT2D eigenvalue weighted by atomic mass is 16.8. The van der Waals surface area contributed by atoms with Crippen molar-refractivity contribution in [3.63, 3.8) is 0 Å². The van der Waals surface area contributed by atoms with Gasteiger partial charge < -0.3 is 53.6 Å². The maximum absolute atomic E-state index is 11.4. The first-order valence-electron chi connectivity index (χ1n) is 17.2. The summed E-state index contributed by atoms with van der Waals surface area (Å²) in [5.41, 5.74) is 3.48. The number of aliphatic hydroxyl groups excluding tert-OH is 4. The monoisotopic (exact) mass is 702 g/mol. The molecule has 4 aromatic carbocycles. The molecule has 0 radical (unpaired) electrons. The summed E-state index contributed by atoms with van der Waals surface area (Å²) in [5.74, 6) is 0. The van der Waals surface area contributed by atoms with Crippen molar-refractivity contribution in [2.24, 2.45) is 0 Å². The molecule has 11 nitrogen and oxygen atoms in total. The Kier molecular flexibility index (Phi) is 13.7. The number of aliphatic hydroxyl groups is 4. The minimum atomic E-state index is -1.27. The van der Waals surface area contributed by atoms with E-state index < -0.39 is 74.6 Å². The zero-order valence-corrected chi connectivity index (χ0v) is 28.2. The van der Waals surface area contributed by atoms with Crippen LogP contribution in [0.3, 0.4) is 0 Å². The van der Waals surface area contributed by atoms with E-state index in [0.29, 0.717) is 0 Å². The molecule has 10 atom stereocenters. The molecule has 6 rings (SSSR count). The van der Waals surface area contributed by atoms with Crippen LogP contribution < -0.4 is 0 Å². The van der Waals surface area contributed by atoms with Gasteiger partial charge in [0.2, 0.25) is 0 Å². The predicted octanol–water partition coefficient (Wildman–Crippen LogP) is 3.50. The van der Waals surface area contributed by atoms with Crippen molar-refractivity contribution in [3.05, 3.63) is 144 Å². The molecule has 2 heterocycles. The Bertz CT molecular complexity index is 1430. The van der Waals surface area contributed by atoms with Gasteiger partial charge in [-0.05, 0) is 22.3 Å². The van der Waals surface area contributed by atoms with Crippen molar-refractivity contribution in [1.29, 1.82) is 0 Å². The Morgan fingerprint density at radius 1 is 0.412 bits per heavy atom. The van der Waals surface area contributed by atoms with E-state index in [1.807, 2.05) is 121 Å². The molecule has 51 heavy (non-hydrogen) atoms. The van der Waals surface area contributed by atoms with E-state index >= 15 is 0 Å². The first-order valence-corrected chi connectivity index (χ1v) is 17.2. The molecular weight excluding hydrogens is 656 g/mol. The van der Waals surface area contributed by atoms with Crippen molar-refractivity contribution in [2.75, 3.05) is 13.2 Å². The lowest BCUT2D eigenvalue weighted by Gasteiger charge is -2.48. The van der Waals surface area contributed by atoms with Crippen LogP contribution in [0.5, 0.6) is 0 Å². The van der Waals surface area contributed by atoms with Crippen molar-refractivity contribution >= 4 is 0 Å². The zero-order chi connectivity index (χ0) is 35.4. The summed E-state index contributed by atoms with van der Waals surface area (Å²) >= 11 is 0. The Hall–Kier alpha value is -3.56. The molecule has 0 aromatic heterocycles. The molecule has 2 aliphatic heterocycles. The van der Waals surface area contributed by atoms with Gasteiger partial charge in [0.1, 0.15) is 48.8 Å². The second-order valence-electron chi connectivity index (χ2n) is 12.6. The van der Waals surface area contributed by atoms with Crippen LogP contribution in [0.4, 0.5) is 0 Å². The zero-order valence-electron chi connectivity index (χ0n) is 28.2. The van der Waals surface area contributed by atoms with Crippen LogP contribution in [0.2, 0.25) is 0 Å². The van der Waals surface area contributed by atoms with Crippen LogP contribution in [0.15, 0.2) is 121 Å². The highest BCUT2D eigenvalue weighted by Crippen LogP contribution is 2.34. The third kappa shape index (κ3) is 9.86. The molecular formula is C40H46O11. The van der Waals surface area contributed by atoms with Gasteiger partial charge in [0, 0.05) is 0 Å². The lowest BCUT2D eigenvalue weighted by atomic mass is 9.97. The summed E-state index contributed by atoms with van der Waals surface area (Å²) in [7, 11) is 0. The Balaban J connectivity index is 1.30. The largest absolute Gasteiger partial charge is 0.394 e. The summed E-state index contributed by atoms with van der Waals surface area (Å²) in [4.78, 5) is 0. The summed E-state index contributed by atoms with van der Waals surface area (Å²) in [6, 6.07) is 38.0. The Labute approximate surface area is 297 Å². The van der Waals surface area contributed by atoms with E-state index in [1.54, 1.807) is 0 Å². The van der Waals surface area contributed by atoms with Gasteiger partial charge in [-0.15, -0.1) is 0 Å². The van der Waals surface area contributed by atoms with Crippen molar-refractivity contribution in [3.8, 4) is 0 Å². The molecule has 0 bridgehead atoms. The highest BCUT2D eigenvalue weighted by molar-refractivity contribution is 5.16. The van der Waals surface area contributed by atoms with Crippen LogP contribution in [-0.4, -0.2) is 95.1 Å². The molecule has 11 heteroatoms. The topological polar surface area (TPSA) is 146 Å². The fraction of sp³-hybridized carbons (Fsp3) is 0.400. The molecule has 272 valence electrons. The molecule has 0 amide bonds. The van der Waals surface area contributed by atoms with E-state index in [2.05, 4.69) is 0 Å². The van der Waals surface area contributed by atoms with Crippen molar-refractivity contribution in [1.82, 2.24) is 0 Å². The molecule has 4 aromatic rings. The van der Waals surface area contributed by atoms with E-state index in [1.165, 1.54) is 0 Å². The smallest absolute Gasteiger partial charge is 0.190 e. The summed E-state index contributed by atoms with van der Waals surface area (Å²) in [5, 5.41) is 43.4. The predicted molar refractivity (Wildman–Crippen MR) is 185 cm³/mol. The van der Waals surface area contributed by atoms with E-state index in [-0.39, 0.29) is 26.4 Å². The highest BCUT2D eigenvalue weighted by Gasteiger charge is 2.52. The van der Waals surface area contributed by atoms with E-state index in [9.17, 15) is 20.4 Å². The molecule has 0 aliphatic carbocycles. The minimum Gasteiger partial charge on any atom is -0.394 e. The van der Waals surface area contributed by atoms with Gasteiger partial charge in [-0.2, -0.15) is 0 Å². The summed E-state index contributed by atoms with van der Waals surface area (Å²) in [6.07, 6.45) is -11.3. The lowest BCUT2D eigenvalue weighted by molar-refractivity contribution is -0.389. The van der Waals surface area contributed by atoms with Crippen LogP contribution in [0, 0.1) is 0 Å². The van der Waals surface area contributed by atoms with Crippen molar-refractivity contribution < 1.29 is 53.6 Å². The Morgan fingerprint density at radius 2 is 0.686 bits per heavy atom. The molecule has 0 saturated carbocycles. The number of hydrogen-bond donors (Lipinski definition) is 4. The quantitative estimate of drug-likeness (QED) is 0.136. The van der Waals surface area contributed by atoms with E-state index in [4.69, 9.17) is 33.2 Å². The van der Waals surface area contributed by atoms with Crippen LogP contribution in [0.25, 0.3) is 0 Å². The van der Waals surface area contributed by atoms with Crippen molar-refractivity contribution in [2.45, 2.75) is 87.8 Å². The standard InChI is InChI=1S/C40H46O11/c41-21-31-33(43)35(45-23-27-13-5-1-6-14-27)37(47-25-29-17-9-3-10-18-29)39(49-31)51-40-38(48-26-30-19-11-4-12-20-30)36(34(44)32(22-42)50-40)46-24-28-15-7-2-8-16-28/h1-20,31-44H,21-26H2/t31-,32-,33-,34+,35-,36+,37+,38+,39+,40+/m0/s1. The maximum Gasteiger partial charge on any atom is 0.190 e.